The lowest BCUT2D eigenvalue weighted by Crippen LogP contribution is -2.30. The second-order valence-corrected chi connectivity index (χ2v) is 33.7. The summed E-state index contributed by atoms with van der Waals surface area (Å²) in [7, 11) is -9.92. The molecule has 0 aliphatic rings. The lowest BCUT2D eigenvalue weighted by atomic mass is 10.0. The van der Waals surface area contributed by atoms with Crippen molar-refractivity contribution in [3.63, 3.8) is 0 Å². The first-order valence-corrected chi connectivity index (χ1v) is 46.0. The Balaban J connectivity index is 5.27. The molecule has 2 unspecified atom stereocenters. The highest BCUT2D eigenvalue weighted by atomic mass is 31.2. The molecule has 0 saturated carbocycles. The second-order valence-electron chi connectivity index (χ2n) is 30.8. The monoisotopic (exact) mass is 1490 g/mol. The lowest BCUT2D eigenvalue weighted by Gasteiger charge is -2.21. The van der Waals surface area contributed by atoms with Crippen molar-refractivity contribution in [1.29, 1.82) is 0 Å². The molecule has 0 radical (unpaired) electrons. The van der Waals surface area contributed by atoms with E-state index in [1.165, 1.54) is 257 Å². The Hall–Kier alpha value is -1.94. The number of rotatable bonds is 82. The normalized spacial score (nSPS) is 13.9. The van der Waals surface area contributed by atoms with Gasteiger partial charge in [-0.2, -0.15) is 0 Å². The number of esters is 4. The molecular weight excluding hydrogens is 1330 g/mol. The van der Waals surface area contributed by atoms with Gasteiger partial charge in [0.05, 0.1) is 26.4 Å². The number of aliphatic hydroxyl groups is 1. The zero-order chi connectivity index (χ0) is 74.9. The van der Waals surface area contributed by atoms with Gasteiger partial charge in [0.25, 0.3) is 0 Å². The molecule has 0 aliphatic carbocycles. The van der Waals surface area contributed by atoms with E-state index in [1.807, 2.05) is 0 Å². The first-order valence-electron chi connectivity index (χ1n) is 43.0. The quantitative estimate of drug-likeness (QED) is 0.0222. The van der Waals surface area contributed by atoms with Crippen molar-refractivity contribution in [2.24, 2.45) is 11.8 Å². The molecule has 0 heterocycles. The Labute approximate surface area is 626 Å². The van der Waals surface area contributed by atoms with Crippen molar-refractivity contribution in [3.05, 3.63) is 0 Å². The number of carbonyl (C=O) groups excluding carboxylic acids is 4. The third-order valence-electron chi connectivity index (χ3n) is 19.5. The van der Waals surface area contributed by atoms with Crippen LogP contribution in [-0.2, 0) is 65.4 Å². The van der Waals surface area contributed by atoms with Gasteiger partial charge in [0.15, 0.2) is 12.2 Å². The summed E-state index contributed by atoms with van der Waals surface area (Å²) in [5, 5.41) is 10.7. The summed E-state index contributed by atoms with van der Waals surface area (Å²) in [6.07, 6.45) is 65.0. The van der Waals surface area contributed by atoms with Crippen LogP contribution in [0, 0.1) is 11.8 Å². The van der Waals surface area contributed by atoms with E-state index in [9.17, 15) is 43.2 Å². The van der Waals surface area contributed by atoms with Gasteiger partial charge in [0.1, 0.15) is 19.3 Å². The largest absolute Gasteiger partial charge is 0.472 e. The summed E-state index contributed by atoms with van der Waals surface area (Å²) >= 11 is 0. The molecule has 0 fully saturated rings. The van der Waals surface area contributed by atoms with Gasteiger partial charge in [0.2, 0.25) is 0 Å². The van der Waals surface area contributed by atoms with Crippen molar-refractivity contribution in [2.75, 3.05) is 39.6 Å². The van der Waals surface area contributed by atoms with Crippen LogP contribution in [-0.4, -0.2) is 96.7 Å². The van der Waals surface area contributed by atoms with Crippen molar-refractivity contribution < 1.29 is 80.2 Å². The third kappa shape index (κ3) is 76.3. The van der Waals surface area contributed by atoms with Crippen LogP contribution in [0.2, 0.25) is 0 Å². The predicted octanol–water partition coefficient (Wildman–Crippen LogP) is 25.1. The van der Waals surface area contributed by atoms with Gasteiger partial charge in [-0.1, -0.05) is 388 Å². The molecule has 606 valence electrons. The number of aliphatic hydroxyl groups excluding tert-OH is 1. The fraction of sp³-hybridized carbons (Fsp3) is 0.952. The maximum Gasteiger partial charge on any atom is 0.472 e. The zero-order valence-electron chi connectivity index (χ0n) is 66.9. The Kier molecular flexibility index (Phi) is 73.1. The molecule has 0 aliphatic heterocycles. The molecule has 19 heteroatoms. The molecule has 0 bridgehead atoms. The lowest BCUT2D eigenvalue weighted by molar-refractivity contribution is -0.161. The average Bonchev–Trinajstić information content (AvgIpc) is 0.915. The highest BCUT2D eigenvalue weighted by Crippen LogP contribution is 2.45. The number of phosphoric ester groups is 2. The van der Waals surface area contributed by atoms with E-state index in [4.69, 9.17) is 37.0 Å². The summed E-state index contributed by atoms with van der Waals surface area (Å²) < 4.78 is 68.8. The van der Waals surface area contributed by atoms with Gasteiger partial charge in [-0.25, -0.2) is 9.13 Å². The van der Waals surface area contributed by atoms with Gasteiger partial charge in [0, 0.05) is 25.7 Å². The Bertz CT molecular complexity index is 1960. The fourth-order valence-electron chi connectivity index (χ4n) is 12.9. The van der Waals surface area contributed by atoms with Crippen LogP contribution < -0.4 is 0 Å². The number of unbranched alkanes of at least 4 members (excludes halogenated alkanes) is 52. The van der Waals surface area contributed by atoms with Crippen molar-refractivity contribution in [3.8, 4) is 0 Å². The van der Waals surface area contributed by atoms with Crippen LogP contribution in [0.15, 0.2) is 0 Å². The molecule has 17 nitrogen and oxygen atoms in total. The van der Waals surface area contributed by atoms with Crippen LogP contribution in [0.5, 0.6) is 0 Å². The minimum Gasteiger partial charge on any atom is -0.462 e. The van der Waals surface area contributed by atoms with Gasteiger partial charge >= 0.3 is 39.5 Å². The molecule has 102 heavy (non-hydrogen) atoms. The molecule has 0 amide bonds. The van der Waals surface area contributed by atoms with E-state index in [1.54, 1.807) is 0 Å². The number of ether oxygens (including phenoxy) is 4. The van der Waals surface area contributed by atoms with Gasteiger partial charge in [-0.3, -0.25) is 37.3 Å². The number of phosphoric acid groups is 2. The molecule has 5 atom stereocenters. The minimum absolute atomic E-state index is 0.108. The van der Waals surface area contributed by atoms with Gasteiger partial charge < -0.3 is 33.8 Å². The summed E-state index contributed by atoms with van der Waals surface area (Å²) in [6, 6.07) is 0. The van der Waals surface area contributed by atoms with Gasteiger partial charge in [-0.15, -0.1) is 0 Å². The molecule has 3 N–H and O–H groups in total. The van der Waals surface area contributed by atoms with Crippen LogP contribution in [0.25, 0.3) is 0 Å². The molecule has 0 rings (SSSR count). The molecular formula is C83H162O17P2. The Morgan fingerprint density at radius 2 is 0.451 bits per heavy atom. The topological polar surface area (TPSA) is 237 Å². The van der Waals surface area contributed by atoms with Gasteiger partial charge in [-0.05, 0) is 37.5 Å². The first-order chi connectivity index (χ1) is 49.4. The van der Waals surface area contributed by atoms with E-state index in [0.717, 1.165) is 102 Å². The third-order valence-corrected chi connectivity index (χ3v) is 21.4. The first kappa shape index (κ1) is 100. The maximum atomic E-state index is 13.1. The highest BCUT2D eigenvalue weighted by molar-refractivity contribution is 7.47. The van der Waals surface area contributed by atoms with Crippen molar-refractivity contribution in [1.82, 2.24) is 0 Å². The van der Waals surface area contributed by atoms with Crippen LogP contribution in [0.1, 0.15) is 440 Å². The summed E-state index contributed by atoms with van der Waals surface area (Å²) in [5.41, 5.74) is 0. The predicted molar refractivity (Wildman–Crippen MR) is 418 cm³/mol. The average molecular weight is 1490 g/mol. The summed E-state index contributed by atoms with van der Waals surface area (Å²) in [4.78, 5) is 73.2. The molecule has 0 aromatic heterocycles. The Morgan fingerprint density at radius 3 is 0.667 bits per heavy atom. The van der Waals surface area contributed by atoms with E-state index in [-0.39, 0.29) is 25.7 Å². The van der Waals surface area contributed by atoms with Crippen LogP contribution >= 0.6 is 15.6 Å². The summed E-state index contributed by atoms with van der Waals surface area (Å²) in [5.74, 6) is -0.525. The summed E-state index contributed by atoms with van der Waals surface area (Å²) in [6.45, 7) is 9.70. The van der Waals surface area contributed by atoms with E-state index < -0.39 is 97.5 Å². The number of carbonyl (C=O) groups is 4. The highest BCUT2D eigenvalue weighted by Gasteiger charge is 2.30. The van der Waals surface area contributed by atoms with E-state index in [0.29, 0.717) is 25.7 Å². The standard InChI is InChI=1S/C83H162O17P2/c1-7-9-11-13-15-17-19-21-22-23-24-30-37-43-49-55-61-67-82(87)99-79(72-94-81(86)66-60-54-48-42-36-31-25-28-33-39-45-51-57-63-75(3)4)74-98-102(91,92)96-70-77(84)69-95-101(89,90)97-73-78(71-93-80(85)65-59-53-47-41-35-27-20-18-16-14-12-10-8-2)100-83(88)68-62-56-50-44-38-32-26-29-34-40-46-52-58-64-76(5)6/h75-79,84H,7-74H2,1-6H3,(H,89,90)(H,91,92)/t77-,78+,79+/m0/s1. The molecule has 0 spiro atoms. The number of hydrogen-bond acceptors (Lipinski definition) is 15. The SMILES string of the molecule is CCCCCCCCCCCCCCCCCCCC(=O)O[C@H](COC(=O)CCCCCCCCCCCCCCCC(C)C)COP(=O)(O)OC[C@@H](O)COP(=O)(O)OC[C@@H](COC(=O)CCCCCCCCCCCCCCC)OC(=O)CCCCCCCCCCCCCCCC(C)C. The van der Waals surface area contributed by atoms with Crippen LogP contribution in [0.3, 0.4) is 0 Å². The van der Waals surface area contributed by atoms with Crippen molar-refractivity contribution in [2.45, 2.75) is 458 Å². The van der Waals surface area contributed by atoms with E-state index >= 15 is 0 Å². The molecule has 0 saturated heterocycles. The van der Waals surface area contributed by atoms with E-state index in [2.05, 4.69) is 41.5 Å². The van der Waals surface area contributed by atoms with Crippen LogP contribution in [0.4, 0.5) is 0 Å². The Morgan fingerprint density at radius 1 is 0.265 bits per heavy atom. The maximum absolute atomic E-state index is 13.1. The minimum atomic E-state index is -4.96. The smallest absolute Gasteiger partial charge is 0.462 e. The zero-order valence-corrected chi connectivity index (χ0v) is 68.7. The van der Waals surface area contributed by atoms with Crippen molar-refractivity contribution >= 4 is 39.5 Å². The number of hydrogen-bond donors (Lipinski definition) is 3. The second kappa shape index (κ2) is 74.5. The fourth-order valence-corrected chi connectivity index (χ4v) is 14.5. The molecule has 0 aromatic carbocycles. The molecule has 0 aromatic rings.